The van der Waals surface area contributed by atoms with Gasteiger partial charge < -0.3 is 10.3 Å². The summed E-state index contributed by atoms with van der Waals surface area (Å²) in [5, 5.41) is 3.58. The fourth-order valence-electron chi connectivity index (χ4n) is 4.33. The Balaban J connectivity index is 1.40. The average Bonchev–Trinajstić information content (AvgIpc) is 2.81. The van der Waals surface area contributed by atoms with Gasteiger partial charge in [-0.25, -0.2) is 0 Å². The van der Waals surface area contributed by atoms with E-state index in [0.29, 0.717) is 40.2 Å². The van der Waals surface area contributed by atoms with E-state index < -0.39 is 0 Å². The molecule has 1 aromatic heterocycles. The summed E-state index contributed by atoms with van der Waals surface area (Å²) in [7, 11) is 0. The lowest BCUT2D eigenvalue weighted by Gasteiger charge is -2.32. The van der Waals surface area contributed by atoms with Crippen molar-refractivity contribution in [3.63, 3.8) is 0 Å². The summed E-state index contributed by atoms with van der Waals surface area (Å²) in [6, 6.07) is 15.6. The number of fused-ring (bicyclic) bond motifs is 1. The Labute approximate surface area is 192 Å². The molecule has 4 rings (SSSR count). The van der Waals surface area contributed by atoms with Crippen molar-refractivity contribution >= 4 is 29.0 Å². The van der Waals surface area contributed by atoms with Crippen LogP contribution in [-0.2, 0) is 13.1 Å². The third-order valence-corrected chi connectivity index (χ3v) is 6.28. The number of rotatable bonds is 7. The lowest BCUT2D eigenvalue weighted by atomic mass is 9.97. The van der Waals surface area contributed by atoms with Crippen molar-refractivity contribution in [2.45, 2.75) is 25.9 Å². The highest BCUT2D eigenvalue weighted by molar-refractivity contribution is 7.71. The van der Waals surface area contributed by atoms with Gasteiger partial charge in [-0.15, -0.1) is 6.58 Å². The predicted molar refractivity (Wildman–Crippen MR) is 130 cm³/mol. The summed E-state index contributed by atoms with van der Waals surface area (Å²) < 4.78 is 1.77. The highest BCUT2D eigenvalue weighted by Crippen LogP contribution is 2.18. The quantitative estimate of drug-likeness (QED) is 0.425. The lowest BCUT2D eigenvalue weighted by molar-refractivity contribution is 0.0930. The number of carbonyl (C=O) groups is 1. The third kappa shape index (κ3) is 5.06. The maximum atomic E-state index is 12.8. The Bertz CT molecular complexity index is 1230. The molecule has 2 aromatic carbocycles. The van der Waals surface area contributed by atoms with E-state index >= 15 is 0 Å². The van der Waals surface area contributed by atoms with Crippen LogP contribution in [-0.4, -0.2) is 40.0 Å². The number of hydrogen-bond donors (Lipinski definition) is 2. The van der Waals surface area contributed by atoms with Crippen LogP contribution >= 0.6 is 12.2 Å². The zero-order chi connectivity index (χ0) is 22.5. The zero-order valence-corrected chi connectivity index (χ0v) is 18.9. The second-order valence-electron chi connectivity index (χ2n) is 8.33. The number of aromatic nitrogens is 2. The molecule has 7 heteroatoms. The van der Waals surface area contributed by atoms with Crippen molar-refractivity contribution in [2.75, 3.05) is 19.6 Å². The van der Waals surface area contributed by atoms with Crippen molar-refractivity contribution in [1.82, 2.24) is 19.8 Å². The van der Waals surface area contributed by atoms with Gasteiger partial charge >= 0.3 is 0 Å². The molecule has 2 N–H and O–H groups in total. The summed E-state index contributed by atoms with van der Waals surface area (Å²) in [4.78, 5) is 30.9. The minimum Gasteiger partial charge on any atom is -0.352 e. The first kappa shape index (κ1) is 22.2. The van der Waals surface area contributed by atoms with Gasteiger partial charge in [-0.2, -0.15) is 0 Å². The number of likely N-dealkylation sites (tertiary alicyclic amines) is 1. The van der Waals surface area contributed by atoms with Crippen LogP contribution < -0.4 is 10.9 Å². The van der Waals surface area contributed by atoms with Gasteiger partial charge in [0.05, 0.1) is 10.9 Å². The Kier molecular flexibility index (Phi) is 6.97. The number of aromatic amines is 1. The van der Waals surface area contributed by atoms with E-state index in [9.17, 15) is 9.59 Å². The average molecular weight is 449 g/mol. The van der Waals surface area contributed by atoms with Crippen LogP contribution in [0.4, 0.5) is 0 Å². The van der Waals surface area contributed by atoms with Crippen LogP contribution in [0.1, 0.15) is 28.8 Å². The van der Waals surface area contributed by atoms with Gasteiger partial charge in [-0.3, -0.25) is 19.1 Å². The molecule has 2 heterocycles. The van der Waals surface area contributed by atoms with Crippen molar-refractivity contribution in [1.29, 1.82) is 0 Å². The fraction of sp³-hybridized carbons (Fsp3) is 0.320. The number of piperidine rings is 1. The molecular formula is C25H28N4O2S. The first-order valence-electron chi connectivity index (χ1n) is 11.0. The molecule has 1 unspecified atom stereocenters. The number of carbonyl (C=O) groups excluding carboxylic acids is 1. The molecule has 1 saturated heterocycles. The molecule has 1 aliphatic rings. The molecule has 0 aliphatic carbocycles. The number of H-pyrrole nitrogens is 1. The molecule has 1 atom stereocenters. The zero-order valence-electron chi connectivity index (χ0n) is 18.0. The maximum Gasteiger partial charge on any atom is 0.262 e. The molecule has 3 aromatic rings. The van der Waals surface area contributed by atoms with Gasteiger partial charge in [0.15, 0.2) is 4.77 Å². The Morgan fingerprint density at radius 3 is 2.84 bits per heavy atom. The highest BCUT2D eigenvalue weighted by atomic mass is 32.1. The van der Waals surface area contributed by atoms with Crippen LogP contribution in [0.2, 0.25) is 0 Å². The number of nitrogens with one attached hydrogen (secondary N) is 2. The van der Waals surface area contributed by atoms with E-state index in [1.54, 1.807) is 24.3 Å². The van der Waals surface area contributed by atoms with Crippen LogP contribution in [0, 0.1) is 10.7 Å². The van der Waals surface area contributed by atoms with E-state index in [1.807, 2.05) is 6.07 Å². The van der Waals surface area contributed by atoms with Gasteiger partial charge in [-0.05, 0) is 61.3 Å². The number of allylic oxidation sites excluding steroid dienone is 1. The van der Waals surface area contributed by atoms with Crippen LogP contribution in [0.25, 0.3) is 10.9 Å². The van der Waals surface area contributed by atoms with E-state index in [2.05, 4.69) is 46.0 Å². The minimum atomic E-state index is -0.184. The van der Waals surface area contributed by atoms with Gasteiger partial charge in [0.1, 0.15) is 0 Å². The SMILES string of the molecule is C=CCn1c(=S)[nH]c2cc(C(=O)NCC3CCCN(Cc4ccccc4)C3)ccc2c1=O. The molecule has 6 nitrogen and oxygen atoms in total. The smallest absolute Gasteiger partial charge is 0.262 e. The summed E-state index contributed by atoms with van der Waals surface area (Å²) in [6.07, 6.45) is 3.88. The third-order valence-electron chi connectivity index (χ3n) is 5.96. The second kappa shape index (κ2) is 10.1. The van der Waals surface area contributed by atoms with Crippen LogP contribution in [0.5, 0.6) is 0 Å². The first-order chi connectivity index (χ1) is 15.5. The van der Waals surface area contributed by atoms with E-state index in [-0.39, 0.29) is 11.5 Å². The van der Waals surface area contributed by atoms with Crippen molar-refractivity contribution in [3.8, 4) is 0 Å². The standard InChI is InChI=1S/C25H28N4O2S/c1-2-12-29-24(31)21-11-10-20(14-22(21)27-25(29)32)23(30)26-15-19-9-6-13-28(17-19)16-18-7-4-3-5-8-18/h2-5,7-8,10-11,14,19H,1,6,9,12-13,15-17H2,(H,26,30)(H,27,32). The molecule has 0 bridgehead atoms. The Morgan fingerprint density at radius 1 is 1.25 bits per heavy atom. The van der Waals surface area contributed by atoms with Crippen LogP contribution in [0.3, 0.4) is 0 Å². The van der Waals surface area contributed by atoms with Gasteiger partial charge in [-0.1, -0.05) is 36.4 Å². The maximum absolute atomic E-state index is 12.8. The summed E-state index contributed by atoms with van der Waals surface area (Å²) in [6.45, 7) is 7.65. The molecule has 1 aliphatic heterocycles. The summed E-state index contributed by atoms with van der Waals surface area (Å²) >= 11 is 5.29. The van der Waals surface area contributed by atoms with Gasteiger partial charge in [0.2, 0.25) is 0 Å². The van der Waals surface area contributed by atoms with E-state index in [0.717, 1.165) is 32.5 Å². The molecule has 0 spiro atoms. The summed E-state index contributed by atoms with van der Waals surface area (Å²) in [5.41, 5.74) is 2.22. The normalized spacial score (nSPS) is 16.7. The largest absolute Gasteiger partial charge is 0.352 e. The molecule has 1 fully saturated rings. The van der Waals surface area contributed by atoms with E-state index in [4.69, 9.17) is 12.2 Å². The molecule has 1 amide bonds. The lowest BCUT2D eigenvalue weighted by Crippen LogP contribution is -2.40. The van der Waals surface area contributed by atoms with Crippen LogP contribution in [0.15, 0.2) is 66.0 Å². The van der Waals surface area contributed by atoms with Crippen molar-refractivity contribution < 1.29 is 4.79 Å². The molecular weight excluding hydrogens is 420 g/mol. The topological polar surface area (TPSA) is 70.1 Å². The summed E-state index contributed by atoms with van der Waals surface area (Å²) in [5.74, 6) is 0.287. The molecule has 0 radical (unpaired) electrons. The molecule has 32 heavy (non-hydrogen) atoms. The van der Waals surface area contributed by atoms with E-state index in [1.165, 1.54) is 10.1 Å². The Hall–Kier alpha value is -3.03. The molecule has 166 valence electrons. The fourth-order valence-corrected chi connectivity index (χ4v) is 4.60. The number of nitrogens with zero attached hydrogens (tertiary/aromatic N) is 2. The highest BCUT2D eigenvalue weighted by Gasteiger charge is 2.21. The van der Waals surface area contributed by atoms with Crippen molar-refractivity contribution in [2.24, 2.45) is 5.92 Å². The monoisotopic (exact) mass is 448 g/mol. The second-order valence-corrected chi connectivity index (χ2v) is 8.72. The van der Waals surface area contributed by atoms with Gasteiger partial charge in [0.25, 0.3) is 11.5 Å². The number of hydrogen-bond acceptors (Lipinski definition) is 4. The van der Waals surface area contributed by atoms with Gasteiger partial charge in [0, 0.05) is 31.7 Å². The molecule has 0 saturated carbocycles. The first-order valence-corrected chi connectivity index (χ1v) is 11.4. The Morgan fingerprint density at radius 2 is 2.06 bits per heavy atom. The van der Waals surface area contributed by atoms with Crippen molar-refractivity contribution in [3.05, 3.63) is 87.4 Å². The minimum absolute atomic E-state index is 0.137. The number of amides is 1. The predicted octanol–water partition coefficient (Wildman–Crippen LogP) is 3.89. The number of benzene rings is 2.